The third-order valence-electron chi connectivity index (χ3n) is 5.03. The molecule has 144 valence electrons. The lowest BCUT2D eigenvalue weighted by Gasteiger charge is -2.39. The van der Waals surface area contributed by atoms with Gasteiger partial charge in [0.15, 0.2) is 0 Å². The summed E-state index contributed by atoms with van der Waals surface area (Å²) in [7, 11) is 0. The van der Waals surface area contributed by atoms with Gasteiger partial charge < -0.3 is 5.32 Å². The zero-order chi connectivity index (χ0) is 16.4. The molecular weight excluding hydrogens is 379 g/mol. The quantitative estimate of drug-likeness (QED) is 0.728. The molecule has 0 radical (unpaired) electrons. The van der Waals surface area contributed by atoms with Crippen molar-refractivity contribution in [2.75, 3.05) is 26.2 Å². The molecule has 8 heteroatoms. The predicted octanol–water partition coefficient (Wildman–Crippen LogP) is 4.82. The van der Waals surface area contributed by atoms with Gasteiger partial charge in [-0.3, -0.25) is 4.90 Å². The first kappa shape index (κ1) is 22.5. The van der Waals surface area contributed by atoms with E-state index in [0.29, 0.717) is 13.1 Å². The number of piperazine rings is 1. The SMILES string of the molecule is Cl.Cl.Fc1ccc(C(F)(F)F)c([C@@H](C2CCCC2)N2CCNCC2)c1. The van der Waals surface area contributed by atoms with E-state index in [4.69, 9.17) is 0 Å². The number of halogens is 6. The van der Waals surface area contributed by atoms with Crippen LogP contribution in [0.2, 0.25) is 0 Å². The number of hydrogen-bond acceptors (Lipinski definition) is 2. The molecule has 0 spiro atoms. The molecule has 1 aliphatic carbocycles. The molecule has 25 heavy (non-hydrogen) atoms. The van der Waals surface area contributed by atoms with Crippen LogP contribution in [0.1, 0.15) is 42.9 Å². The average Bonchev–Trinajstić information content (AvgIpc) is 3.01. The summed E-state index contributed by atoms with van der Waals surface area (Å²) in [6.07, 6.45) is -0.521. The molecule has 1 saturated carbocycles. The van der Waals surface area contributed by atoms with Crippen LogP contribution in [-0.4, -0.2) is 31.1 Å². The first-order valence-corrected chi connectivity index (χ1v) is 8.28. The van der Waals surface area contributed by atoms with E-state index < -0.39 is 17.6 Å². The lowest BCUT2D eigenvalue weighted by atomic mass is 9.86. The zero-order valence-corrected chi connectivity index (χ0v) is 15.5. The molecule has 0 unspecified atom stereocenters. The Bertz CT molecular complexity index is 542. The lowest BCUT2D eigenvalue weighted by Crippen LogP contribution is -2.47. The van der Waals surface area contributed by atoms with Crippen LogP contribution < -0.4 is 5.32 Å². The summed E-state index contributed by atoms with van der Waals surface area (Å²) in [5.74, 6) is -0.415. The van der Waals surface area contributed by atoms with Gasteiger partial charge in [0.25, 0.3) is 0 Å². The van der Waals surface area contributed by atoms with E-state index >= 15 is 0 Å². The Morgan fingerprint density at radius 1 is 1.04 bits per heavy atom. The minimum absolute atomic E-state index is 0. The minimum Gasteiger partial charge on any atom is -0.314 e. The molecular formula is C17H24Cl2F4N2. The Labute approximate surface area is 158 Å². The maximum atomic E-state index is 13.8. The van der Waals surface area contributed by atoms with Crippen LogP contribution in [0.15, 0.2) is 18.2 Å². The summed E-state index contributed by atoms with van der Waals surface area (Å²) in [5, 5.41) is 3.23. The van der Waals surface area contributed by atoms with E-state index in [1.54, 1.807) is 0 Å². The standard InChI is InChI=1S/C17H22F4N2.2ClH/c18-13-5-6-15(17(19,20)21)14(11-13)16(12-3-1-2-4-12)23-9-7-22-8-10-23;;/h5-6,11-12,16,22H,1-4,7-10H2;2*1H/t16-;;/m1../s1. The van der Waals surface area contributed by atoms with Crippen molar-refractivity contribution in [2.45, 2.75) is 37.9 Å². The maximum absolute atomic E-state index is 13.8. The summed E-state index contributed by atoms with van der Waals surface area (Å²) < 4.78 is 54.1. The molecule has 1 aromatic carbocycles. The minimum atomic E-state index is -4.45. The summed E-state index contributed by atoms with van der Waals surface area (Å²) >= 11 is 0. The molecule has 1 aromatic rings. The van der Waals surface area contributed by atoms with Crippen LogP contribution in [0.25, 0.3) is 0 Å². The van der Waals surface area contributed by atoms with Crippen LogP contribution >= 0.6 is 24.8 Å². The van der Waals surface area contributed by atoms with Crippen molar-refractivity contribution in [1.29, 1.82) is 0 Å². The molecule has 2 fully saturated rings. The Morgan fingerprint density at radius 3 is 2.20 bits per heavy atom. The van der Waals surface area contributed by atoms with Crippen molar-refractivity contribution in [3.05, 3.63) is 35.1 Å². The molecule has 1 heterocycles. The fourth-order valence-electron chi connectivity index (χ4n) is 4.02. The Morgan fingerprint density at radius 2 is 1.64 bits per heavy atom. The third-order valence-corrected chi connectivity index (χ3v) is 5.03. The molecule has 1 N–H and O–H groups in total. The monoisotopic (exact) mass is 402 g/mol. The van der Waals surface area contributed by atoms with Crippen molar-refractivity contribution in [3.8, 4) is 0 Å². The van der Waals surface area contributed by atoms with E-state index in [-0.39, 0.29) is 42.3 Å². The van der Waals surface area contributed by atoms with E-state index in [0.717, 1.165) is 57.0 Å². The Hall–Kier alpha value is -0.560. The first-order chi connectivity index (χ1) is 11.0. The maximum Gasteiger partial charge on any atom is 0.416 e. The number of benzene rings is 1. The van der Waals surface area contributed by atoms with Gasteiger partial charge in [-0.05, 0) is 42.5 Å². The molecule has 3 rings (SSSR count). The Balaban J connectivity index is 0.00000156. The molecule has 1 aliphatic heterocycles. The highest BCUT2D eigenvalue weighted by Crippen LogP contribution is 2.44. The van der Waals surface area contributed by atoms with Crippen molar-refractivity contribution in [3.63, 3.8) is 0 Å². The van der Waals surface area contributed by atoms with Crippen LogP contribution in [0.5, 0.6) is 0 Å². The van der Waals surface area contributed by atoms with Crippen LogP contribution in [0, 0.1) is 11.7 Å². The van der Waals surface area contributed by atoms with E-state index in [1.807, 2.05) is 0 Å². The molecule has 0 aromatic heterocycles. The van der Waals surface area contributed by atoms with Crippen LogP contribution in [-0.2, 0) is 6.18 Å². The first-order valence-electron chi connectivity index (χ1n) is 8.28. The molecule has 0 bridgehead atoms. The van der Waals surface area contributed by atoms with Gasteiger partial charge in [-0.2, -0.15) is 13.2 Å². The summed E-state index contributed by atoms with van der Waals surface area (Å²) in [4.78, 5) is 2.11. The largest absolute Gasteiger partial charge is 0.416 e. The number of nitrogens with one attached hydrogen (secondary N) is 1. The smallest absolute Gasteiger partial charge is 0.314 e. The van der Waals surface area contributed by atoms with Gasteiger partial charge in [0, 0.05) is 32.2 Å². The van der Waals surface area contributed by atoms with E-state index in [9.17, 15) is 17.6 Å². The number of alkyl halides is 3. The van der Waals surface area contributed by atoms with Crippen molar-refractivity contribution in [2.24, 2.45) is 5.92 Å². The van der Waals surface area contributed by atoms with Gasteiger partial charge in [-0.15, -0.1) is 24.8 Å². The van der Waals surface area contributed by atoms with E-state index in [1.165, 1.54) is 0 Å². The highest BCUT2D eigenvalue weighted by Gasteiger charge is 2.40. The zero-order valence-electron chi connectivity index (χ0n) is 13.8. The van der Waals surface area contributed by atoms with E-state index in [2.05, 4.69) is 10.2 Å². The second-order valence-electron chi connectivity index (χ2n) is 6.50. The molecule has 0 amide bonds. The summed E-state index contributed by atoms with van der Waals surface area (Å²) in [6, 6.07) is 2.57. The van der Waals surface area contributed by atoms with Crippen molar-refractivity contribution >= 4 is 24.8 Å². The number of rotatable bonds is 3. The molecule has 2 nitrogen and oxygen atoms in total. The normalized spacial score (nSPS) is 20.6. The number of nitrogens with zero attached hydrogens (tertiary/aromatic N) is 1. The van der Waals surface area contributed by atoms with Crippen LogP contribution in [0.3, 0.4) is 0 Å². The fourth-order valence-corrected chi connectivity index (χ4v) is 4.02. The highest BCUT2D eigenvalue weighted by molar-refractivity contribution is 5.85. The summed E-state index contributed by atoms with van der Waals surface area (Å²) in [6.45, 7) is 2.93. The predicted molar refractivity (Wildman–Crippen MR) is 95.0 cm³/mol. The summed E-state index contributed by atoms with van der Waals surface area (Å²) in [5.41, 5.74) is -0.569. The topological polar surface area (TPSA) is 15.3 Å². The lowest BCUT2D eigenvalue weighted by molar-refractivity contribution is -0.139. The van der Waals surface area contributed by atoms with Crippen molar-refractivity contribution in [1.82, 2.24) is 10.2 Å². The average molecular weight is 403 g/mol. The number of hydrogen-bond donors (Lipinski definition) is 1. The van der Waals surface area contributed by atoms with Gasteiger partial charge in [0.05, 0.1) is 5.56 Å². The molecule has 1 atom stereocenters. The second-order valence-corrected chi connectivity index (χ2v) is 6.50. The second kappa shape index (κ2) is 9.40. The van der Waals surface area contributed by atoms with Gasteiger partial charge in [-0.25, -0.2) is 4.39 Å². The van der Waals surface area contributed by atoms with Gasteiger partial charge in [0.1, 0.15) is 5.82 Å². The fraction of sp³-hybridized carbons (Fsp3) is 0.647. The van der Waals surface area contributed by atoms with Crippen LogP contribution in [0.4, 0.5) is 17.6 Å². The molecule has 1 saturated heterocycles. The van der Waals surface area contributed by atoms with Crippen molar-refractivity contribution < 1.29 is 17.6 Å². The van der Waals surface area contributed by atoms with Gasteiger partial charge in [0.2, 0.25) is 0 Å². The molecule has 2 aliphatic rings. The van der Waals surface area contributed by atoms with Gasteiger partial charge >= 0.3 is 6.18 Å². The third kappa shape index (κ3) is 5.22. The van der Waals surface area contributed by atoms with Gasteiger partial charge in [-0.1, -0.05) is 12.8 Å². The highest BCUT2D eigenvalue weighted by atomic mass is 35.5. The Kier molecular flexibility index (Phi) is 8.45.